The van der Waals surface area contributed by atoms with E-state index < -0.39 is 38.7 Å². The zero-order valence-corrected chi connectivity index (χ0v) is 20.5. The first-order chi connectivity index (χ1) is 16.1. The molecule has 1 atom stereocenters. The number of thiazole rings is 1. The number of aromatic nitrogens is 1. The lowest BCUT2D eigenvalue weighted by Crippen LogP contribution is -2.26. The van der Waals surface area contributed by atoms with Crippen LogP contribution >= 0.6 is 34.5 Å². The van der Waals surface area contributed by atoms with Crippen molar-refractivity contribution in [3.63, 3.8) is 0 Å². The van der Waals surface area contributed by atoms with Gasteiger partial charge in [0.05, 0.1) is 15.2 Å². The molecule has 0 spiro atoms. The number of nitrogens with zero attached hydrogens (tertiary/aromatic N) is 1. The van der Waals surface area contributed by atoms with Gasteiger partial charge in [-0.15, -0.1) is 0 Å². The smallest absolute Gasteiger partial charge is 0.271 e. The fourth-order valence-corrected chi connectivity index (χ4v) is 6.89. The lowest BCUT2D eigenvalue weighted by atomic mass is 10.1. The number of carbonyl (C=O) groups excluding carboxylic acids is 1. The number of nitrogens with one attached hydrogen (secondary N) is 1. The fraction of sp³-hybridized carbons (Fsp3) is 0.273. The van der Waals surface area contributed by atoms with Gasteiger partial charge >= 0.3 is 0 Å². The van der Waals surface area contributed by atoms with Crippen LogP contribution in [-0.2, 0) is 14.6 Å². The summed E-state index contributed by atoms with van der Waals surface area (Å²) >= 11 is 13.1. The SMILES string of the molecule is O=C(Nc1n[c]c(Cl)s1)C(Oc1ccc(F)cc1F)c1ccc(S(=O)(=O)C2CCCC2)c(Cl)c1. The third kappa shape index (κ3) is 5.35. The van der Waals surface area contributed by atoms with Gasteiger partial charge in [-0.1, -0.05) is 53.4 Å². The second-order valence-corrected chi connectivity index (χ2v) is 11.8. The molecule has 4 rings (SSSR count). The summed E-state index contributed by atoms with van der Waals surface area (Å²) < 4.78 is 59.3. The van der Waals surface area contributed by atoms with Gasteiger partial charge < -0.3 is 4.74 Å². The Hall–Kier alpha value is -2.27. The first-order valence-electron chi connectivity index (χ1n) is 10.1. The minimum absolute atomic E-state index is 0.0433. The average molecular weight is 546 g/mol. The van der Waals surface area contributed by atoms with E-state index in [4.69, 9.17) is 27.9 Å². The van der Waals surface area contributed by atoms with Crippen LogP contribution in [0.15, 0.2) is 41.3 Å². The number of hydrogen-bond donors (Lipinski definition) is 1. The van der Waals surface area contributed by atoms with Crippen molar-refractivity contribution in [2.75, 3.05) is 5.32 Å². The molecule has 0 bridgehead atoms. The number of hydrogen-bond acceptors (Lipinski definition) is 6. The molecule has 2 aromatic carbocycles. The van der Waals surface area contributed by atoms with Crippen molar-refractivity contribution in [3.05, 3.63) is 69.2 Å². The fourth-order valence-electron chi connectivity index (χ4n) is 3.71. The lowest BCUT2D eigenvalue weighted by Gasteiger charge is -2.20. The highest BCUT2D eigenvalue weighted by Gasteiger charge is 2.33. The van der Waals surface area contributed by atoms with E-state index in [2.05, 4.69) is 16.5 Å². The summed E-state index contributed by atoms with van der Waals surface area (Å²) in [5, 5.41) is 2.02. The van der Waals surface area contributed by atoms with Gasteiger partial charge in [0.2, 0.25) is 6.10 Å². The predicted molar refractivity (Wildman–Crippen MR) is 125 cm³/mol. The molecule has 1 amide bonds. The van der Waals surface area contributed by atoms with Crippen LogP contribution in [0.25, 0.3) is 0 Å². The van der Waals surface area contributed by atoms with Gasteiger partial charge in [-0.05, 0) is 37.1 Å². The van der Waals surface area contributed by atoms with Gasteiger partial charge in [0.25, 0.3) is 5.91 Å². The molecule has 1 N–H and O–H groups in total. The Labute approximate surface area is 208 Å². The van der Waals surface area contributed by atoms with Crippen LogP contribution in [0.5, 0.6) is 5.75 Å². The minimum Gasteiger partial charge on any atom is -0.473 e. The molecule has 1 radical (unpaired) electrons. The Balaban J connectivity index is 1.68. The summed E-state index contributed by atoms with van der Waals surface area (Å²) in [5.41, 5.74) is 0.156. The highest BCUT2D eigenvalue weighted by molar-refractivity contribution is 7.92. The van der Waals surface area contributed by atoms with Gasteiger partial charge in [-0.2, -0.15) is 0 Å². The van der Waals surface area contributed by atoms with E-state index in [1.54, 1.807) is 0 Å². The van der Waals surface area contributed by atoms with Crippen molar-refractivity contribution in [1.29, 1.82) is 0 Å². The van der Waals surface area contributed by atoms with Crippen LogP contribution in [0.3, 0.4) is 0 Å². The van der Waals surface area contributed by atoms with Crippen molar-refractivity contribution in [3.8, 4) is 5.75 Å². The van der Waals surface area contributed by atoms with Crippen molar-refractivity contribution in [1.82, 2.24) is 4.98 Å². The quantitative estimate of drug-likeness (QED) is 0.393. The molecule has 3 aromatic rings. The van der Waals surface area contributed by atoms with Crippen LogP contribution < -0.4 is 10.1 Å². The molecule has 12 heteroatoms. The largest absolute Gasteiger partial charge is 0.473 e. The summed E-state index contributed by atoms with van der Waals surface area (Å²) in [4.78, 5) is 16.8. The third-order valence-electron chi connectivity index (χ3n) is 5.34. The highest BCUT2D eigenvalue weighted by Crippen LogP contribution is 2.35. The molecule has 1 fully saturated rings. The first-order valence-corrected chi connectivity index (χ1v) is 13.3. The Bertz CT molecular complexity index is 1330. The molecular formula is C22H17Cl2F2N2O4S2. The van der Waals surface area contributed by atoms with Gasteiger partial charge in [0.1, 0.15) is 16.4 Å². The normalized spacial score (nSPS) is 15.3. The number of benzene rings is 2. The van der Waals surface area contributed by atoms with Crippen LogP contribution in [-0.4, -0.2) is 24.6 Å². The van der Waals surface area contributed by atoms with E-state index in [1.165, 1.54) is 18.2 Å². The van der Waals surface area contributed by atoms with Crippen LogP contribution in [0.1, 0.15) is 37.4 Å². The van der Waals surface area contributed by atoms with Crippen molar-refractivity contribution in [2.24, 2.45) is 0 Å². The highest BCUT2D eigenvalue weighted by atomic mass is 35.5. The molecule has 34 heavy (non-hydrogen) atoms. The van der Waals surface area contributed by atoms with Crippen molar-refractivity contribution >= 4 is 55.4 Å². The summed E-state index contributed by atoms with van der Waals surface area (Å²) in [6, 6.07) is 6.61. The average Bonchev–Trinajstić information content (AvgIpc) is 3.45. The van der Waals surface area contributed by atoms with Crippen LogP contribution in [0, 0.1) is 17.8 Å². The van der Waals surface area contributed by atoms with Crippen LogP contribution in [0.2, 0.25) is 9.36 Å². The van der Waals surface area contributed by atoms with E-state index in [-0.39, 0.29) is 30.7 Å². The number of sulfone groups is 1. The van der Waals surface area contributed by atoms with Gasteiger partial charge in [0.15, 0.2) is 26.5 Å². The zero-order valence-electron chi connectivity index (χ0n) is 17.4. The maximum Gasteiger partial charge on any atom is 0.271 e. The first kappa shape index (κ1) is 24.8. The monoisotopic (exact) mass is 545 g/mol. The maximum atomic E-state index is 14.3. The second-order valence-electron chi connectivity index (χ2n) is 7.61. The maximum absolute atomic E-state index is 14.3. The van der Waals surface area contributed by atoms with Crippen LogP contribution in [0.4, 0.5) is 13.9 Å². The number of anilines is 1. The Morgan fingerprint density at radius 1 is 1.18 bits per heavy atom. The second kappa shape index (κ2) is 10.2. The van der Waals surface area contributed by atoms with Crippen molar-refractivity contribution in [2.45, 2.75) is 41.9 Å². The molecule has 1 aromatic heterocycles. The number of carbonyl (C=O) groups is 1. The summed E-state index contributed by atoms with van der Waals surface area (Å²) in [6.45, 7) is 0. The summed E-state index contributed by atoms with van der Waals surface area (Å²) in [6.07, 6.45) is 3.78. The molecule has 1 heterocycles. The molecule has 179 valence electrons. The lowest BCUT2D eigenvalue weighted by molar-refractivity contribution is -0.123. The predicted octanol–water partition coefficient (Wildman–Crippen LogP) is 6.00. The Morgan fingerprint density at radius 2 is 1.91 bits per heavy atom. The molecule has 1 saturated carbocycles. The van der Waals surface area contributed by atoms with Gasteiger partial charge in [-0.3, -0.25) is 10.1 Å². The summed E-state index contributed by atoms with van der Waals surface area (Å²) in [7, 11) is -3.65. The van der Waals surface area contributed by atoms with Gasteiger partial charge in [0, 0.05) is 11.6 Å². The number of amides is 1. The Kier molecular flexibility index (Phi) is 7.42. The van der Waals surface area contributed by atoms with E-state index >= 15 is 0 Å². The summed E-state index contributed by atoms with van der Waals surface area (Å²) in [5.74, 6) is -2.98. The third-order valence-corrected chi connectivity index (χ3v) is 9.06. The molecule has 0 saturated heterocycles. The molecule has 6 nitrogen and oxygen atoms in total. The molecule has 1 aliphatic carbocycles. The van der Waals surface area contributed by atoms with E-state index in [0.717, 1.165) is 36.3 Å². The standard InChI is InChI=1S/C22H17Cl2F2N2O4S2/c23-15-9-12(5-8-18(15)34(30,31)14-3-1-2-4-14)20(21(29)28-22-27-11-19(24)33-22)32-17-7-6-13(25)10-16(17)26/h5-10,14,20H,1-4H2,(H,27,28,29). The molecule has 0 aliphatic heterocycles. The van der Waals surface area contributed by atoms with Crippen molar-refractivity contribution < 1.29 is 26.7 Å². The zero-order chi connectivity index (χ0) is 24.5. The van der Waals surface area contributed by atoms with E-state index in [9.17, 15) is 22.0 Å². The van der Waals surface area contributed by atoms with E-state index in [0.29, 0.717) is 18.9 Å². The molecule has 1 aliphatic rings. The topological polar surface area (TPSA) is 85.4 Å². The van der Waals surface area contributed by atoms with E-state index in [1.807, 2.05) is 0 Å². The number of ether oxygens (including phenoxy) is 1. The Morgan fingerprint density at radius 3 is 2.53 bits per heavy atom. The van der Waals surface area contributed by atoms with Gasteiger partial charge in [-0.25, -0.2) is 22.2 Å². The number of rotatable bonds is 7. The molecule has 1 unspecified atom stereocenters. The number of halogens is 4. The molecular weight excluding hydrogens is 529 g/mol. The minimum atomic E-state index is -3.65.